The first-order valence-electron chi connectivity index (χ1n) is 6.17. The van der Waals surface area contributed by atoms with Gasteiger partial charge in [-0.05, 0) is 46.7 Å². The molecular formula is C13H18IN3O3. The predicted molar refractivity (Wildman–Crippen MR) is 86.4 cm³/mol. The smallest absolute Gasteiger partial charge is 0.332 e. The van der Waals surface area contributed by atoms with E-state index in [2.05, 4.69) is 40.0 Å². The molecule has 0 radical (unpaired) electrons. The fourth-order valence-corrected chi connectivity index (χ4v) is 2.22. The summed E-state index contributed by atoms with van der Waals surface area (Å²) in [5, 5.41) is 3.71. The lowest BCUT2D eigenvalue weighted by Gasteiger charge is -2.13. The topological polar surface area (TPSA) is 85.9 Å². The van der Waals surface area contributed by atoms with Crippen molar-refractivity contribution in [2.45, 2.75) is 19.8 Å². The van der Waals surface area contributed by atoms with Gasteiger partial charge in [0.2, 0.25) is 0 Å². The van der Waals surface area contributed by atoms with Crippen LogP contribution in [0.25, 0.3) is 0 Å². The van der Waals surface area contributed by atoms with Crippen LogP contribution < -0.4 is 20.6 Å². The number of nitrogens with zero attached hydrogens (tertiary/aromatic N) is 1. The summed E-state index contributed by atoms with van der Waals surface area (Å²) in [5.74, 6) is 1.36. The van der Waals surface area contributed by atoms with Crippen LogP contribution in [0.15, 0.2) is 17.2 Å². The van der Waals surface area contributed by atoms with E-state index in [1.54, 1.807) is 13.2 Å². The van der Waals surface area contributed by atoms with E-state index in [0.717, 1.165) is 27.7 Å². The molecule has 1 aromatic carbocycles. The molecule has 0 heterocycles. The molecule has 3 N–H and O–H groups in total. The number of halogens is 1. The third kappa shape index (κ3) is 5.24. The van der Waals surface area contributed by atoms with Gasteiger partial charge in [-0.25, -0.2) is 10.2 Å². The highest BCUT2D eigenvalue weighted by Crippen LogP contribution is 2.33. The van der Waals surface area contributed by atoms with Crippen LogP contribution >= 0.6 is 22.6 Å². The van der Waals surface area contributed by atoms with E-state index in [9.17, 15) is 4.79 Å². The monoisotopic (exact) mass is 391 g/mol. The van der Waals surface area contributed by atoms with Gasteiger partial charge in [0.15, 0.2) is 11.5 Å². The molecule has 6 nitrogen and oxygen atoms in total. The molecule has 0 aliphatic rings. The summed E-state index contributed by atoms with van der Waals surface area (Å²) in [4.78, 5) is 10.5. The zero-order chi connectivity index (χ0) is 15.0. The molecule has 0 atom stereocenters. The Balaban J connectivity index is 2.88. The Kier molecular flexibility index (Phi) is 7.13. The van der Waals surface area contributed by atoms with Crippen LogP contribution in [0.5, 0.6) is 11.5 Å². The van der Waals surface area contributed by atoms with Crippen molar-refractivity contribution in [3.8, 4) is 11.5 Å². The van der Waals surface area contributed by atoms with Crippen molar-refractivity contribution >= 4 is 34.8 Å². The summed E-state index contributed by atoms with van der Waals surface area (Å²) >= 11 is 2.17. The summed E-state index contributed by atoms with van der Waals surface area (Å²) in [7, 11) is 1.58. The van der Waals surface area contributed by atoms with E-state index in [1.807, 2.05) is 6.07 Å². The maximum atomic E-state index is 10.5. The molecule has 2 amide bonds. The maximum Gasteiger partial charge on any atom is 0.332 e. The number of rotatable bonds is 7. The van der Waals surface area contributed by atoms with Gasteiger partial charge >= 0.3 is 6.03 Å². The first-order chi connectivity index (χ1) is 9.58. The van der Waals surface area contributed by atoms with Crippen LogP contribution in [-0.4, -0.2) is 26.0 Å². The van der Waals surface area contributed by atoms with Crippen molar-refractivity contribution < 1.29 is 14.3 Å². The number of nitrogens with one attached hydrogen (secondary N) is 1. The molecule has 0 unspecified atom stereocenters. The molecule has 0 spiro atoms. The number of hydrazone groups is 1. The standard InChI is InChI=1S/C13H18IN3O3/c1-3-4-5-20-12-10(14)6-9(7-11(12)19-2)8-16-17-13(15)18/h6-8H,3-5H2,1-2H3,(H3,15,17,18). The van der Waals surface area contributed by atoms with E-state index in [4.69, 9.17) is 15.2 Å². The number of primary amides is 1. The highest BCUT2D eigenvalue weighted by atomic mass is 127. The molecular weight excluding hydrogens is 373 g/mol. The van der Waals surface area contributed by atoms with Crippen LogP contribution in [0, 0.1) is 3.57 Å². The summed E-state index contributed by atoms with van der Waals surface area (Å²) in [5.41, 5.74) is 7.85. The highest BCUT2D eigenvalue weighted by Gasteiger charge is 2.10. The first kappa shape index (κ1) is 16.5. The van der Waals surface area contributed by atoms with Crippen LogP contribution in [0.4, 0.5) is 4.79 Å². The van der Waals surface area contributed by atoms with Crippen molar-refractivity contribution in [2.75, 3.05) is 13.7 Å². The predicted octanol–water partition coefficient (Wildman–Crippen LogP) is 2.48. The summed E-state index contributed by atoms with van der Waals surface area (Å²) in [6.45, 7) is 2.76. The number of carbonyl (C=O) groups excluding carboxylic acids is 1. The molecule has 0 bridgehead atoms. The second kappa shape index (κ2) is 8.62. The van der Waals surface area contributed by atoms with Gasteiger partial charge in [0.1, 0.15) is 0 Å². The normalized spacial score (nSPS) is 10.6. The molecule has 110 valence electrons. The van der Waals surface area contributed by atoms with Gasteiger partial charge in [0.05, 0.1) is 23.5 Å². The van der Waals surface area contributed by atoms with Crippen molar-refractivity contribution in [1.82, 2.24) is 5.43 Å². The Bertz CT molecular complexity index is 492. The van der Waals surface area contributed by atoms with Crippen molar-refractivity contribution in [3.05, 3.63) is 21.3 Å². The molecule has 0 saturated carbocycles. The number of benzene rings is 1. The summed E-state index contributed by atoms with van der Waals surface area (Å²) in [6.07, 6.45) is 3.55. The Morgan fingerprint density at radius 2 is 2.30 bits per heavy atom. The minimum absolute atomic E-state index is 0.633. The molecule has 0 saturated heterocycles. The second-order valence-corrected chi connectivity index (χ2v) is 5.13. The van der Waals surface area contributed by atoms with Crippen LogP contribution in [0.3, 0.4) is 0 Å². The minimum atomic E-state index is -0.706. The third-order valence-electron chi connectivity index (χ3n) is 2.38. The number of methoxy groups -OCH3 is 1. The van der Waals surface area contributed by atoms with Gasteiger partial charge < -0.3 is 15.2 Å². The lowest BCUT2D eigenvalue weighted by atomic mass is 10.2. The van der Waals surface area contributed by atoms with Gasteiger partial charge in [-0.3, -0.25) is 0 Å². The Hall–Kier alpha value is -1.51. The van der Waals surface area contributed by atoms with Crippen LogP contribution in [-0.2, 0) is 0 Å². The number of urea groups is 1. The minimum Gasteiger partial charge on any atom is -0.493 e. The summed E-state index contributed by atoms with van der Waals surface area (Å²) < 4.78 is 12.0. The molecule has 0 aliphatic heterocycles. The fourth-order valence-electron chi connectivity index (χ4n) is 1.44. The zero-order valence-electron chi connectivity index (χ0n) is 11.5. The van der Waals surface area contributed by atoms with Crippen molar-refractivity contribution in [2.24, 2.45) is 10.8 Å². The number of hydrogen-bond acceptors (Lipinski definition) is 4. The number of carbonyl (C=O) groups is 1. The molecule has 1 aromatic rings. The Labute approximate surface area is 131 Å². The Morgan fingerprint density at radius 3 is 2.90 bits per heavy atom. The van der Waals surface area contributed by atoms with E-state index in [0.29, 0.717) is 12.4 Å². The third-order valence-corrected chi connectivity index (χ3v) is 3.19. The highest BCUT2D eigenvalue weighted by molar-refractivity contribution is 14.1. The SMILES string of the molecule is CCCCOc1c(I)cc(C=NNC(N)=O)cc1OC. The number of hydrogen-bond donors (Lipinski definition) is 2. The van der Waals surface area contributed by atoms with Gasteiger partial charge in [-0.2, -0.15) is 5.10 Å². The lowest BCUT2D eigenvalue weighted by molar-refractivity contribution is 0.249. The number of amides is 2. The van der Waals surface area contributed by atoms with Crippen LogP contribution in [0.2, 0.25) is 0 Å². The largest absolute Gasteiger partial charge is 0.493 e. The quantitative estimate of drug-likeness (QED) is 0.324. The van der Waals surface area contributed by atoms with E-state index in [1.165, 1.54) is 6.21 Å². The Morgan fingerprint density at radius 1 is 1.55 bits per heavy atom. The van der Waals surface area contributed by atoms with Crippen molar-refractivity contribution in [3.63, 3.8) is 0 Å². The average molecular weight is 391 g/mol. The fraction of sp³-hybridized carbons (Fsp3) is 0.385. The maximum absolute atomic E-state index is 10.5. The number of ether oxygens (including phenoxy) is 2. The average Bonchev–Trinajstić information content (AvgIpc) is 2.40. The van der Waals surface area contributed by atoms with Crippen molar-refractivity contribution in [1.29, 1.82) is 0 Å². The zero-order valence-corrected chi connectivity index (χ0v) is 13.6. The lowest BCUT2D eigenvalue weighted by Crippen LogP contribution is -2.24. The molecule has 1 rings (SSSR count). The van der Waals surface area contributed by atoms with E-state index in [-0.39, 0.29) is 0 Å². The first-order valence-corrected chi connectivity index (χ1v) is 7.25. The van der Waals surface area contributed by atoms with Gasteiger partial charge in [-0.1, -0.05) is 13.3 Å². The van der Waals surface area contributed by atoms with E-state index >= 15 is 0 Å². The summed E-state index contributed by atoms with van der Waals surface area (Å²) in [6, 6.07) is 2.97. The molecule has 20 heavy (non-hydrogen) atoms. The molecule has 7 heteroatoms. The van der Waals surface area contributed by atoms with Gasteiger partial charge in [0, 0.05) is 0 Å². The second-order valence-electron chi connectivity index (χ2n) is 3.97. The molecule has 0 aliphatic carbocycles. The number of nitrogens with two attached hydrogens (primary N) is 1. The number of unbranched alkanes of at least 4 members (excludes halogenated alkanes) is 1. The molecule has 0 fully saturated rings. The van der Waals surface area contributed by atoms with Crippen LogP contribution in [0.1, 0.15) is 25.3 Å². The van der Waals surface area contributed by atoms with Gasteiger partial charge in [0.25, 0.3) is 0 Å². The van der Waals surface area contributed by atoms with Gasteiger partial charge in [-0.15, -0.1) is 0 Å². The van der Waals surface area contributed by atoms with E-state index < -0.39 is 6.03 Å². The molecule has 0 aromatic heterocycles.